The van der Waals surface area contributed by atoms with E-state index in [0.717, 1.165) is 32.4 Å². The first kappa shape index (κ1) is 14.1. The van der Waals surface area contributed by atoms with Crippen molar-refractivity contribution in [1.82, 2.24) is 24.0 Å². The fraction of sp³-hybridized carbons (Fsp3) is 0.643. The second-order valence-electron chi connectivity index (χ2n) is 5.66. The van der Waals surface area contributed by atoms with Crippen LogP contribution in [0.15, 0.2) is 15.9 Å². The zero-order valence-corrected chi connectivity index (χ0v) is 12.5. The minimum absolute atomic E-state index is 0.266. The molecule has 2 aromatic rings. The maximum atomic E-state index is 12.4. The van der Waals surface area contributed by atoms with Crippen molar-refractivity contribution in [3.63, 3.8) is 0 Å². The highest BCUT2D eigenvalue weighted by atomic mass is 16.2. The summed E-state index contributed by atoms with van der Waals surface area (Å²) in [4.78, 5) is 29.0. The molecule has 1 saturated heterocycles. The minimum atomic E-state index is -0.293. The van der Waals surface area contributed by atoms with Crippen molar-refractivity contribution in [2.75, 3.05) is 6.54 Å². The summed E-state index contributed by atoms with van der Waals surface area (Å²) in [5.41, 5.74) is 0.471. The highest BCUT2D eigenvalue weighted by Crippen LogP contribution is 2.12. The second-order valence-corrected chi connectivity index (χ2v) is 5.66. The fourth-order valence-corrected chi connectivity index (χ4v) is 3.02. The average molecular weight is 291 g/mol. The van der Waals surface area contributed by atoms with E-state index in [2.05, 4.69) is 10.3 Å². The van der Waals surface area contributed by atoms with Gasteiger partial charge in [-0.1, -0.05) is 6.92 Å². The maximum absolute atomic E-state index is 12.4. The highest BCUT2D eigenvalue weighted by molar-refractivity contribution is 5.70. The van der Waals surface area contributed by atoms with Crippen molar-refractivity contribution < 1.29 is 0 Å². The third-order valence-electron chi connectivity index (χ3n) is 4.13. The van der Waals surface area contributed by atoms with Crippen LogP contribution in [0.4, 0.5) is 0 Å². The van der Waals surface area contributed by atoms with Gasteiger partial charge in [-0.3, -0.25) is 13.9 Å². The molecule has 1 atom stereocenters. The summed E-state index contributed by atoms with van der Waals surface area (Å²) in [5, 5.41) is 3.42. The Morgan fingerprint density at radius 2 is 2.24 bits per heavy atom. The molecular formula is C14H21N5O2. The van der Waals surface area contributed by atoms with Gasteiger partial charge in [0.1, 0.15) is 0 Å². The molecule has 0 spiro atoms. The Balaban J connectivity index is 2.15. The molecule has 7 nitrogen and oxygen atoms in total. The lowest BCUT2D eigenvalue weighted by Gasteiger charge is -2.12. The smallest absolute Gasteiger partial charge is 0.323 e. The van der Waals surface area contributed by atoms with E-state index < -0.39 is 0 Å². The van der Waals surface area contributed by atoms with E-state index in [-0.39, 0.29) is 11.2 Å². The van der Waals surface area contributed by atoms with Crippen LogP contribution in [-0.4, -0.2) is 31.3 Å². The van der Waals surface area contributed by atoms with Crippen LogP contribution >= 0.6 is 0 Å². The van der Waals surface area contributed by atoms with Crippen LogP contribution in [-0.2, 0) is 20.1 Å². The number of rotatable bonds is 4. The summed E-state index contributed by atoms with van der Waals surface area (Å²) in [6.45, 7) is 4.32. The van der Waals surface area contributed by atoms with Gasteiger partial charge < -0.3 is 9.88 Å². The Bertz CT molecular complexity index is 764. The van der Waals surface area contributed by atoms with Gasteiger partial charge >= 0.3 is 5.69 Å². The number of nitrogens with one attached hydrogen (secondary N) is 1. The van der Waals surface area contributed by atoms with Gasteiger partial charge in [0.15, 0.2) is 11.2 Å². The van der Waals surface area contributed by atoms with Crippen molar-refractivity contribution in [3.05, 3.63) is 27.2 Å². The molecule has 1 aliphatic heterocycles. The molecule has 2 aromatic heterocycles. The van der Waals surface area contributed by atoms with Gasteiger partial charge in [0.05, 0.1) is 6.33 Å². The Kier molecular flexibility index (Phi) is 3.67. The van der Waals surface area contributed by atoms with Crippen LogP contribution in [0, 0.1) is 0 Å². The zero-order chi connectivity index (χ0) is 15.0. The summed E-state index contributed by atoms with van der Waals surface area (Å²) in [7, 11) is 1.53. The number of aryl methyl sites for hydroxylation is 1. The van der Waals surface area contributed by atoms with Crippen LogP contribution in [0.3, 0.4) is 0 Å². The van der Waals surface area contributed by atoms with Crippen LogP contribution < -0.4 is 16.6 Å². The van der Waals surface area contributed by atoms with Gasteiger partial charge in [-0.25, -0.2) is 9.78 Å². The fourth-order valence-electron chi connectivity index (χ4n) is 3.02. The van der Waals surface area contributed by atoms with E-state index in [4.69, 9.17) is 0 Å². The molecule has 0 bridgehead atoms. The molecule has 1 unspecified atom stereocenters. The summed E-state index contributed by atoms with van der Waals surface area (Å²) in [5.74, 6) is 0. The number of fused-ring (bicyclic) bond motifs is 1. The lowest BCUT2D eigenvalue weighted by atomic mass is 10.2. The number of hydrogen-bond acceptors (Lipinski definition) is 4. The molecule has 7 heteroatoms. The third-order valence-corrected chi connectivity index (χ3v) is 4.13. The third kappa shape index (κ3) is 2.31. The molecule has 3 heterocycles. The molecule has 3 rings (SSSR count). The average Bonchev–Trinajstić information content (AvgIpc) is 3.12. The largest absolute Gasteiger partial charge is 0.332 e. The van der Waals surface area contributed by atoms with Crippen LogP contribution in [0.2, 0.25) is 0 Å². The van der Waals surface area contributed by atoms with Crippen molar-refractivity contribution in [2.24, 2.45) is 7.05 Å². The summed E-state index contributed by atoms with van der Waals surface area (Å²) in [6.07, 6.45) is 4.77. The number of aromatic nitrogens is 4. The normalized spacial score (nSPS) is 18.7. The molecule has 1 fully saturated rings. The second kappa shape index (κ2) is 5.48. The quantitative estimate of drug-likeness (QED) is 0.864. The molecule has 1 N–H and O–H groups in total. The molecule has 21 heavy (non-hydrogen) atoms. The number of hydrogen-bond donors (Lipinski definition) is 1. The molecule has 0 aliphatic carbocycles. The maximum Gasteiger partial charge on any atom is 0.332 e. The van der Waals surface area contributed by atoms with E-state index in [9.17, 15) is 9.59 Å². The topological polar surface area (TPSA) is 73.8 Å². The van der Waals surface area contributed by atoms with Crippen molar-refractivity contribution in [2.45, 2.75) is 45.3 Å². The van der Waals surface area contributed by atoms with Crippen LogP contribution in [0.5, 0.6) is 0 Å². The predicted molar refractivity (Wildman–Crippen MR) is 80.5 cm³/mol. The van der Waals surface area contributed by atoms with E-state index in [0.29, 0.717) is 23.8 Å². The van der Waals surface area contributed by atoms with E-state index >= 15 is 0 Å². The van der Waals surface area contributed by atoms with E-state index in [1.54, 1.807) is 10.9 Å². The Morgan fingerprint density at radius 1 is 1.43 bits per heavy atom. The predicted octanol–water partition coefficient (Wildman–Crippen LogP) is 0.0587. The first-order valence-electron chi connectivity index (χ1n) is 7.51. The van der Waals surface area contributed by atoms with Crippen molar-refractivity contribution >= 4 is 11.2 Å². The van der Waals surface area contributed by atoms with Gasteiger partial charge in [0.25, 0.3) is 5.56 Å². The Labute approximate surface area is 122 Å². The SMILES string of the molecule is CCCn1c(=O)n(C)c(=O)c2c1ncn2CC1CCCN1. The lowest BCUT2D eigenvalue weighted by molar-refractivity contribution is 0.515. The summed E-state index contributed by atoms with van der Waals surface area (Å²) < 4.78 is 4.65. The van der Waals surface area contributed by atoms with E-state index in [1.807, 2.05) is 11.5 Å². The minimum Gasteiger partial charge on any atom is -0.323 e. The van der Waals surface area contributed by atoms with Gasteiger partial charge in [-0.2, -0.15) is 0 Å². The molecule has 1 aliphatic rings. The molecule has 114 valence electrons. The van der Waals surface area contributed by atoms with Crippen molar-refractivity contribution in [1.29, 1.82) is 0 Å². The zero-order valence-electron chi connectivity index (χ0n) is 12.5. The number of nitrogens with zero attached hydrogens (tertiary/aromatic N) is 4. The van der Waals surface area contributed by atoms with Crippen LogP contribution in [0.1, 0.15) is 26.2 Å². The van der Waals surface area contributed by atoms with Gasteiger partial charge in [-0.15, -0.1) is 0 Å². The monoisotopic (exact) mass is 291 g/mol. The lowest BCUT2D eigenvalue weighted by Crippen LogP contribution is -2.39. The van der Waals surface area contributed by atoms with Crippen LogP contribution in [0.25, 0.3) is 11.2 Å². The molecule has 0 saturated carbocycles. The highest BCUT2D eigenvalue weighted by Gasteiger charge is 2.19. The summed E-state index contributed by atoms with van der Waals surface area (Å²) >= 11 is 0. The van der Waals surface area contributed by atoms with Gasteiger partial charge in [0.2, 0.25) is 0 Å². The van der Waals surface area contributed by atoms with Gasteiger partial charge in [0, 0.05) is 26.2 Å². The molecule has 0 radical (unpaired) electrons. The molecule has 0 aromatic carbocycles. The first-order valence-corrected chi connectivity index (χ1v) is 7.51. The summed E-state index contributed by atoms with van der Waals surface area (Å²) in [6, 6.07) is 0.374. The van der Waals surface area contributed by atoms with Gasteiger partial charge in [-0.05, 0) is 25.8 Å². The Morgan fingerprint density at radius 3 is 2.90 bits per heavy atom. The standard InChI is InChI=1S/C14H21N5O2/c1-3-7-19-12-11(13(20)17(2)14(19)21)18(9-16-12)8-10-5-4-6-15-10/h9-10,15H,3-8H2,1-2H3. The first-order chi connectivity index (χ1) is 10.1. The molecule has 0 amide bonds. The number of imidazole rings is 1. The van der Waals surface area contributed by atoms with E-state index in [1.165, 1.54) is 11.6 Å². The molecular weight excluding hydrogens is 270 g/mol. The Hall–Kier alpha value is -1.89. The van der Waals surface area contributed by atoms with Crippen molar-refractivity contribution in [3.8, 4) is 0 Å².